The minimum atomic E-state index is -0.248. The minimum Gasteiger partial charge on any atom is -0.330 e. The van der Waals surface area contributed by atoms with E-state index < -0.39 is 0 Å². The van der Waals surface area contributed by atoms with Gasteiger partial charge < -0.3 is 4.90 Å². The summed E-state index contributed by atoms with van der Waals surface area (Å²) >= 11 is 0. The second-order valence-electron chi connectivity index (χ2n) is 9.07. The summed E-state index contributed by atoms with van der Waals surface area (Å²) in [5, 5.41) is 4.25. The van der Waals surface area contributed by atoms with Crippen molar-refractivity contribution < 1.29 is 4.79 Å². The number of carbonyl (C=O) groups is 1. The number of benzene rings is 1. The Morgan fingerprint density at radius 3 is 2.60 bits per heavy atom. The lowest BCUT2D eigenvalue weighted by Gasteiger charge is -2.45. The van der Waals surface area contributed by atoms with Gasteiger partial charge >= 0.3 is 0 Å². The molecule has 2 saturated heterocycles. The summed E-state index contributed by atoms with van der Waals surface area (Å²) in [5.41, 5.74) is 1.24. The summed E-state index contributed by atoms with van der Waals surface area (Å²) in [4.78, 5) is 29.9. The molecule has 0 radical (unpaired) electrons. The highest BCUT2D eigenvalue weighted by molar-refractivity contribution is 5.92. The first-order valence-corrected chi connectivity index (χ1v) is 11.0. The first-order valence-electron chi connectivity index (χ1n) is 11.0. The van der Waals surface area contributed by atoms with Gasteiger partial charge in [0.25, 0.3) is 11.5 Å². The Balaban J connectivity index is 1.65. The molecule has 1 aromatic heterocycles. The average Bonchev–Trinajstić information content (AvgIpc) is 2.95. The fourth-order valence-corrected chi connectivity index (χ4v) is 5.49. The molecule has 6 nitrogen and oxygen atoms in total. The van der Waals surface area contributed by atoms with E-state index in [-0.39, 0.29) is 17.0 Å². The Kier molecular flexibility index (Phi) is 5.78. The predicted molar refractivity (Wildman–Crippen MR) is 117 cm³/mol. The fraction of sp³-hybridized carbons (Fsp3) is 0.542. The molecule has 4 rings (SSSR count). The van der Waals surface area contributed by atoms with Gasteiger partial charge in [0.1, 0.15) is 5.69 Å². The van der Waals surface area contributed by atoms with Crippen LogP contribution in [-0.2, 0) is 13.5 Å². The Bertz CT molecular complexity index is 957. The number of likely N-dealkylation sites (tertiary alicyclic amines) is 2. The zero-order chi connectivity index (χ0) is 21.3. The molecule has 2 fully saturated rings. The number of carbonyl (C=O) groups excluding carboxylic acids is 1. The third kappa shape index (κ3) is 3.81. The standard InChI is InChI=1S/C24H32N4O2/c1-24-17-19(16-18-10-6-4-7-11-18)26(2)21(24)12-8-5-9-15-28(24)23(30)20-13-14-22(29)27(3)25-20/h4,6-7,10-11,13-14,19,21H,5,8-9,12,15-17H2,1-3H3/t19-,21+,24+/m1/s1. The van der Waals surface area contributed by atoms with Crippen LogP contribution in [-0.4, -0.2) is 56.7 Å². The molecule has 1 aromatic carbocycles. The first kappa shape index (κ1) is 20.8. The van der Waals surface area contributed by atoms with E-state index in [4.69, 9.17) is 0 Å². The van der Waals surface area contributed by atoms with Crippen molar-refractivity contribution in [3.8, 4) is 0 Å². The predicted octanol–water partition coefficient (Wildman–Crippen LogP) is 2.87. The van der Waals surface area contributed by atoms with E-state index in [1.165, 1.54) is 22.7 Å². The summed E-state index contributed by atoms with van der Waals surface area (Å²) in [6, 6.07) is 14.3. The molecule has 6 heteroatoms. The maximum atomic E-state index is 13.6. The molecule has 0 aliphatic carbocycles. The summed E-state index contributed by atoms with van der Waals surface area (Å²) < 4.78 is 1.25. The van der Waals surface area contributed by atoms with Crippen LogP contribution in [0.1, 0.15) is 55.1 Å². The molecule has 2 aromatic rings. The van der Waals surface area contributed by atoms with Crippen molar-refractivity contribution in [1.82, 2.24) is 19.6 Å². The zero-order valence-corrected chi connectivity index (χ0v) is 18.3. The molecule has 2 aliphatic heterocycles. The smallest absolute Gasteiger partial charge is 0.274 e. The van der Waals surface area contributed by atoms with Crippen molar-refractivity contribution in [2.75, 3.05) is 13.6 Å². The molecule has 160 valence electrons. The highest BCUT2D eigenvalue weighted by atomic mass is 16.2. The lowest BCUT2D eigenvalue weighted by atomic mass is 9.83. The van der Waals surface area contributed by atoms with Gasteiger partial charge in [-0.15, -0.1) is 0 Å². The number of nitrogens with zero attached hydrogens (tertiary/aromatic N) is 4. The van der Waals surface area contributed by atoms with Crippen LogP contribution in [0.4, 0.5) is 0 Å². The van der Waals surface area contributed by atoms with Crippen molar-refractivity contribution in [2.24, 2.45) is 7.05 Å². The lowest BCUT2D eigenvalue weighted by molar-refractivity contribution is 0.0335. The van der Waals surface area contributed by atoms with Gasteiger partial charge in [0, 0.05) is 31.7 Å². The van der Waals surface area contributed by atoms with Crippen LogP contribution < -0.4 is 5.56 Å². The number of aromatic nitrogens is 2. The van der Waals surface area contributed by atoms with Gasteiger partial charge in [-0.1, -0.05) is 43.2 Å². The molecule has 0 saturated carbocycles. The Hall–Kier alpha value is -2.47. The molecule has 0 unspecified atom stereocenters. The normalized spacial score (nSPS) is 27.4. The van der Waals surface area contributed by atoms with Gasteiger partial charge in [0.05, 0.1) is 5.54 Å². The van der Waals surface area contributed by atoms with Crippen molar-refractivity contribution in [2.45, 2.75) is 63.1 Å². The van der Waals surface area contributed by atoms with Crippen LogP contribution in [0.3, 0.4) is 0 Å². The quantitative estimate of drug-likeness (QED) is 0.784. The molecule has 0 N–H and O–H groups in total. The zero-order valence-electron chi connectivity index (χ0n) is 18.3. The van der Waals surface area contributed by atoms with Gasteiger partial charge in [-0.25, -0.2) is 4.68 Å². The maximum absolute atomic E-state index is 13.6. The van der Waals surface area contributed by atoms with Crippen LogP contribution >= 0.6 is 0 Å². The number of fused-ring (bicyclic) bond motifs is 1. The van der Waals surface area contributed by atoms with E-state index in [2.05, 4.69) is 59.2 Å². The van der Waals surface area contributed by atoms with Gasteiger partial charge in [-0.3, -0.25) is 14.5 Å². The summed E-state index contributed by atoms with van der Waals surface area (Å²) in [6.07, 6.45) is 6.37. The van der Waals surface area contributed by atoms with Crippen LogP contribution in [0, 0.1) is 0 Å². The van der Waals surface area contributed by atoms with Crippen LogP contribution in [0.5, 0.6) is 0 Å². The summed E-state index contributed by atoms with van der Waals surface area (Å²) in [7, 11) is 3.81. The first-order chi connectivity index (χ1) is 14.4. The monoisotopic (exact) mass is 408 g/mol. The van der Waals surface area contributed by atoms with Crippen molar-refractivity contribution in [3.63, 3.8) is 0 Å². The van der Waals surface area contributed by atoms with Crippen molar-refractivity contribution >= 4 is 5.91 Å². The van der Waals surface area contributed by atoms with E-state index in [0.717, 1.165) is 38.6 Å². The number of likely N-dealkylation sites (N-methyl/N-ethyl adjacent to an activating group) is 1. The Morgan fingerprint density at radius 2 is 1.87 bits per heavy atom. The van der Waals surface area contributed by atoms with Crippen molar-refractivity contribution in [3.05, 3.63) is 64.1 Å². The van der Waals surface area contributed by atoms with Gasteiger partial charge in [-0.2, -0.15) is 5.10 Å². The third-order valence-electron chi connectivity index (χ3n) is 7.15. The Morgan fingerprint density at radius 1 is 1.10 bits per heavy atom. The lowest BCUT2D eigenvalue weighted by Crippen LogP contribution is -2.57. The molecule has 3 atom stereocenters. The molecule has 0 bridgehead atoms. The second kappa shape index (κ2) is 8.34. The molecular formula is C24H32N4O2. The summed E-state index contributed by atoms with van der Waals surface area (Å²) in [6.45, 7) is 2.99. The van der Waals surface area contributed by atoms with E-state index in [1.807, 2.05) is 0 Å². The second-order valence-corrected chi connectivity index (χ2v) is 9.07. The van der Waals surface area contributed by atoms with Gasteiger partial charge in [-0.05, 0) is 51.3 Å². The third-order valence-corrected chi connectivity index (χ3v) is 7.15. The maximum Gasteiger partial charge on any atom is 0.274 e. The number of hydrogen-bond acceptors (Lipinski definition) is 4. The van der Waals surface area contributed by atoms with E-state index in [1.54, 1.807) is 13.1 Å². The van der Waals surface area contributed by atoms with E-state index in [9.17, 15) is 9.59 Å². The van der Waals surface area contributed by atoms with Crippen LogP contribution in [0.25, 0.3) is 0 Å². The number of aryl methyl sites for hydroxylation is 1. The SMILES string of the molecule is CN1[C@H](Cc2ccccc2)C[C@@]2(C)[C@@H]1CCCCCN2C(=O)c1ccc(=O)n(C)n1. The van der Waals surface area contributed by atoms with E-state index in [0.29, 0.717) is 17.8 Å². The van der Waals surface area contributed by atoms with Crippen molar-refractivity contribution in [1.29, 1.82) is 0 Å². The Labute approximate surface area is 178 Å². The molecule has 30 heavy (non-hydrogen) atoms. The molecule has 2 aliphatic rings. The largest absolute Gasteiger partial charge is 0.330 e. The van der Waals surface area contributed by atoms with Gasteiger partial charge in [0.2, 0.25) is 0 Å². The van der Waals surface area contributed by atoms with E-state index >= 15 is 0 Å². The highest BCUT2D eigenvalue weighted by Crippen LogP contribution is 2.42. The number of hydrogen-bond donors (Lipinski definition) is 0. The minimum absolute atomic E-state index is 0.0613. The number of amides is 1. The molecule has 0 spiro atoms. The fourth-order valence-electron chi connectivity index (χ4n) is 5.49. The molecule has 3 heterocycles. The van der Waals surface area contributed by atoms with Gasteiger partial charge in [0.15, 0.2) is 0 Å². The summed E-state index contributed by atoms with van der Waals surface area (Å²) in [5.74, 6) is -0.0613. The molecular weight excluding hydrogens is 376 g/mol. The average molecular weight is 409 g/mol. The van der Waals surface area contributed by atoms with Crippen LogP contribution in [0.2, 0.25) is 0 Å². The topological polar surface area (TPSA) is 58.4 Å². The molecule has 1 amide bonds. The number of rotatable bonds is 3. The van der Waals surface area contributed by atoms with Crippen LogP contribution in [0.15, 0.2) is 47.3 Å². The highest BCUT2D eigenvalue weighted by Gasteiger charge is 2.52.